The Morgan fingerprint density at radius 3 is 1.50 bits per heavy atom. The van der Waals surface area contributed by atoms with Gasteiger partial charge in [0, 0.05) is 36.5 Å². The normalized spacial score (nSPS) is 10.2. The van der Waals surface area contributed by atoms with Gasteiger partial charge in [0.15, 0.2) is 0 Å². The van der Waals surface area contributed by atoms with Gasteiger partial charge >= 0.3 is 5.97 Å². The number of hydrogen-bond donors (Lipinski definition) is 1. The first kappa shape index (κ1) is 25.9. The quantitative estimate of drug-likeness (QED) is 0.326. The fourth-order valence-electron chi connectivity index (χ4n) is 2.78. The van der Waals surface area contributed by atoms with Gasteiger partial charge in [0.2, 0.25) is 5.91 Å². The summed E-state index contributed by atoms with van der Waals surface area (Å²) in [7, 11) is 1.55. The van der Waals surface area contributed by atoms with Crippen molar-refractivity contribution in [1.82, 2.24) is 4.90 Å². The summed E-state index contributed by atoms with van der Waals surface area (Å²) in [5.74, 6) is -1.01. The highest BCUT2D eigenvalue weighted by molar-refractivity contribution is 5.80. The minimum absolute atomic E-state index is 0. The highest BCUT2D eigenvalue weighted by Crippen LogP contribution is 2.13. The van der Waals surface area contributed by atoms with Crippen molar-refractivity contribution in [2.45, 2.75) is 96.8 Å². The molecule has 0 saturated heterocycles. The number of carbonyl (C=O) groups is 2. The molecule has 2 radical (unpaired) electrons. The van der Waals surface area contributed by atoms with Gasteiger partial charge in [-0.15, -0.1) is 0 Å². The lowest BCUT2D eigenvalue weighted by Gasteiger charge is -2.14. The molecule has 0 saturated carbocycles. The zero-order chi connectivity index (χ0) is 17.3. The Balaban J connectivity index is 0. The molecule has 5 heteroatoms. The fraction of sp³-hybridized carbons (Fsp3) is 0.895. The molecule has 24 heavy (non-hydrogen) atoms. The van der Waals surface area contributed by atoms with E-state index in [4.69, 9.17) is 5.11 Å². The van der Waals surface area contributed by atoms with Crippen LogP contribution in [0.2, 0.25) is 0 Å². The van der Waals surface area contributed by atoms with Crippen molar-refractivity contribution in [3.05, 3.63) is 0 Å². The number of likely N-dealkylation sites (N-methyl/N-ethyl adjacent to an activating group) is 1. The number of carboxylic acid groups (broad SMARTS) is 1. The molecule has 0 atom stereocenters. The summed E-state index contributed by atoms with van der Waals surface area (Å²) in [6, 6.07) is 0. The number of nitrogens with zero attached hydrogens (tertiary/aromatic N) is 1. The third-order valence-electron chi connectivity index (χ3n) is 4.29. The first-order valence-electron chi connectivity index (χ1n) is 9.53. The molecule has 0 aromatic rings. The number of carboxylic acids is 1. The molecule has 0 fully saturated rings. The molecule has 0 unspecified atom stereocenters. The number of aliphatic carboxylic acids is 1. The van der Waals surface area contributed by atoms with E-state index in [1.54, 1.807) is 7.05 Å². The largest absolute Gasteiger partial charge is 0.480 e. The monoisotopic (exact) mass is 351 g/mol. The SMILES string of the molecule is CCCCCCCCCCCCCCCC(=O)N(C)CC(=O)O.[Mg]. The average molecular weight is 352 g/mol. The second-order valence-electron chi connectivity index (χ2n) is 6.64. The number of hydrogen-bond acceptors (Lipinski definition) is 2. The third-order valence-corrected chi connectivity index (χ3v) is 4.29. The van der Waals surface area contributed by atoms with E-state index in [0.717, 1.165) is 12.8 Å². The molecule has 0 aliphatic heterocycles. The molecule has 0 aromatic carbocycles. The summed E-state index contributed by atoms with van der Waals surface area (Å²) >= 11 is 0. The number of unbranched alkanes of at least 4 members (excludes halogenated alkanes) is 12. The Bertz CT molecular complexity index is 311. The molecule has 0 aliphatic rings. The van der Waals surface area contributed by atoms with Crippen LogP contribution in [-0.2, 0) is 9.59 Å². The molecular weight excluding hydrogens is 315 g/mol. The summed E-state index contributed by atoms with van der Waals surface area (Å²) in [4.78, 5) is 23.4. The van der Waals surface area contributed by atoms with Crippen molar-refractivity contribution in [2.24, 2.45) is 0 Å². The first-order valence-corrected chi connectivity index (χ1v) is 9.53. The van der Waals surface area contributed by atoms with Crippen molar-refractivity contribution in [2.75, 3.05) is 13.6 Å². The zero-order valence-corrected chi connectivity index (χ0v) is 17.4. The summed E-state index contributed by atoms with van der Waals surface area (Å²) in [5.41, 5.74) is 0. The van der Waals surface area contributed by atoms with Crippen molar-refractivity contribution < 1.29 is 14.7 Å². The van der Waals surface area contributed by atoms with Gasteiger partial charge in [-0.05, 0) is 6.42 Å². The summed E-state index contributed by atoms with van der Waals surface area (Å²) in [6.45, 7) is 2.06. The average Bonchev–Trinajstić information content (AvgIpc) is 2.51. The molecular formula is C19H37MgNO3. The molecule has 0 bridgehead atoms. The van der Waals surface area contributed by atoms with Crippen LogP contribution in [0.15, 0.2) is 0 Å². The van der Waals surface area contributed by atoms with Gasteiger partial charge in [0.1, 0.15) is 6.54 Å². The Morgan fingerprint density at radius 1 is 0.750 bits per heavy atom. The van der Waals surface area contributed by atoms with Gasteiger partial charge < -0.3 is 10.0 Å². The van der Waals surface area contributed by atoms with Crippen LogP contribution in [0, 0.1) is 0 Å². The number of carbonyl (C=O) groups excluding carboxylic acids is 1. The van der Waals surface area contributed by atoms with Crippen LogP contribution >= 0.6 is 0 Å². The number of amides is 1. The van der Waals surface area contributed by atoms with Crippen LogP contribution < -0.4 is 0 Å². The molecule has 1 N–H and O–H groups in total. The Hall–Kier alpha value is -0.294. The highest BCUT2D eigenvalue weighted by Gasteiger charge is 2.10. The maximum absolute atomic E-state index is 11.6. The highest BCUT2D eigenvalue weighted by atomic mass is 24.3. The van der Waals surface area contributed by atoms with E-state index in [1.807, 2.05) is 0 Å². The van der Waals surface area contributed by atoms with Crippen molar-refractivity contribution in [1.29, 1.82) is 0 Å². The second kappa shape index (κ2) is 19.0. The Labute approximate surface area is 164 Å². The van der Waals surface area contributed by atoms with E-state index < -0.39 is 5.97 Å². The van der Waals surface area contributed by atoms with E-state index in [1.165, 1.54) is 75.5 Å². The smallest absolute Gasteiger partial charge is 0.323 e. The van der Waals surface area contributed by atoms with Crippen molar-refractivity contribution >= 4 is 34.9 Å². The molecule has 0 aliphatic carbocycles. The van der Waals surface area contributed by atoms with Crippen LogP contribution in [0.3, 0.4) is 0 Å². The van der Waals surface area contributed by atoms with Gasteiger partial charge in [-0.25, -0.2) is 0 Å². The van der Waals surface area contributed by atoms with Gasteiger partial charge in [0.05, 0.1) is 0 Å². The van der Waals surface area contributed by atoms with Crippen LogP contribution in [0.25, 0.3) is 0 Å². The lowest BCUT2D eigenvalue weighted by Crippen LogP contribution is -2.31. The summed E-state index contributed by atoms with van der Waals surface area (Å²) < 4.78 is 0. The van der Waals surface area contributed by atoms with E-state index in [-0.39, 0.29) is 35.5 Å². The molecule has 0 heterocycles. The van der Waals surface area contributed by atoms with E-state index in [0.29, 0.717) is 6.42 Å². The molecule has 138 valence electrons. The van der Waals surface area contributed by atoms with Gasteiger partial charge in [0.25, 0.3) is 0 Å². The van der Waals surface area contributed by atoms with Crippen molar-refractivity contribution in [3.8, 4) is 0 Å². The Morgan fingerprint density at radius 2 is 1.12 bits per heavy atom. The third kappa shape index (κ3) is 18.1. The molecule has 0 rings (SSSR count). The van der Waals surface area contributed by atoms with Crippen LogP contribution in [0.5, 0.6) is 0 Å². The first-order chi connectivity index (χ1) is 11.1. The lowest BCUT2D eigenvalue weighted by atomic mass is 10.0. The lowest BCUT2D eigenvalue weighted by molar-refractivity contribution is -0.143. The molecule has 0 aromatic heterocycles. The van der Waals surface area contributed by atoms with E-state index in [2.05, 4.69) is 6.92 Å². The van der Waals surface area contributed by atoms with E-state index in [9.17, 15) is 9.59 Å². The molecule has 1 amide bonds. The summed E-state index contributed by atoms with van der Waals surface area (Å²) in [6.07, 6.45) is 17.2. The van der Waals surface area contributed by atoms with Crippen molar-refractivity contribution in [3.63, 3.8) is 0 Å². The second-order valence-corrected chi connectivity index (χ2v) is 6.64. The maximum atomic E-state index is 11.6. The van der Waals surface area contributed by atoms with Gasteiger partial charge in [-0.1, -0.05) is 84.0 Å². The Kier molecular flexibility index (Phi) is 20.6. The standard InChI is InChI=1S/C19H37NO3.Mg/c1-3-4-5-6-7-8-9-10-11-12-13-14-15-16-18(21)20(2)17-19(22)23;/h3-17H2,1-2H3,(H,22,23);. The molecule has 0 spiro atoms. The predicted octanol–water partition coefficient (Wildman–Crippen LogP) is 4.63. The van der Waals surface area contributed by atoms with Crippen LogP contribution in [0.1, 0.15) is 96.8 Å². The maximum Gasteiger partial charge on any atom is 0.323 e. The topological polar surface area (TPSA) is 57.6 Å². The van der Waals surface area contributed by atoms with E-state index >= 15 is 0 Å². The zero-order valence-electron chi connectivity index (χ0n) is 16.0. The minimum Gasteiger partial charge on any atom is -0.480 e. The fourth-order valence-corrected chi connectivity index (χ4v) is 2.78. The summed E-state index contributed by atoms with van der Waals surface area (Å²) in [5, 5.41) is 8.62. The van der Waals surface area contributed by atoms with Gasteiger partial charge in [-0.3, -0.25) is 9.59 Å². The predicted molar refractivity (Wildman–Crippen MR) is 101 cm³/mol. The van der Waals surface area contributed by atoms with Gasteiger partial charge in [-0.2, -0.15) is 0 Å². The molecule has 4 nitrogen and oxygen atoms in total. The van der Waals surface area contributed by atoms with Crippen LogP contribution in [0.4, 0.5) is 0 Å². The number of rotatable bonds is 16. The van der Waals surface area contributed by atoms with Crippen LogP contribution in [-0.4, -0.2) is 58.5 Å². The minimum atomic E-state index is -0.953.